The molecule has 1 fully saturated rings. The van der Waals surface area contributed by atoms with E-state index in [9.17, 15) is 14.4 Å². The highest BCUT2D eigenvalue weighted by Crippen LogP contribution is 2.41. The molecule has 0 aromatic heterocycles. The Hall–Kier alpha value is -3.35. The molecular weight excluding hydrogens is 442 g/mol. The minimum Gasteiger partial charge on any atom is -0.444 e. The second kappa shape index (κ2) is 10.5. The van der Waals surface area contributed by atoms with Crippen LogP contribution in [0, 0.1) is 19.8 Å². The predicted molar refractivity (Wildman–Crippen MR) is 137 cm³/mol. The van der Waals surface area contributed by atoms with Crippen LogP contribution in [-0.4, -0.2) is 40.5 Å². The SMILES string of the molecule is Cc1cccc(C)c1NC(=O)C(c1ccccc1)N(C(=O)C(C)NC(=O)OC(C)(C)C)C1CC1C. The van der Waals surface area contributed by atoms with Crippen LogP contribution in [0.2, 0.25) is 0 Å². The molecule has 1 saturated carbocycles. The van der Waals surface area contributed by atoms with Gasteiger partial charge in [0, 0.05) is 11.7 Å². The third-order valence-corrected chi connectivity index (χ3v) is 6.15. The van der Waals surface area contributed by atoms with E-state index in [-0.39, 0.29) is 23.8 Å². The van der Waals surface area contributed by atoms with Gasteiger partial charge in [-0.25, -0.2) is 4.79 Å². The maximum Gasteiger partial charge on any atom is 0.408 e. The Labute approximate surface area is 208 Å². The van der Waals surface area contributed by atoms with Gasteiger partial charge in [0.05, 0.1) is 0 Å². The summed E-state index contributed by atoms with van der Waals surface area (Å²) in [6.07, 6.45) is 0.128. The van der Waals surface area contributed by atoms with Crippen molar-refractivity contribution in [1.82, 2.24) is 10.2 Å². The van der Waals surface area contributed by atoms with Crippen molar-refractivity contribution in [2.75, 3.05) is 5.32 Å². The van der Waals surface area contributed by atoms with Crippen molar-refractivity contribution < 1.29 is 19.1 Å². The van der Waals surface area contributed by atoms with Crippen molar-refractivity contribution in [1.29, 1.82) is 0 Å². The maximum atomic E-state index is 13.8. The van der Waals surface area contributed by atoms with Gasteiger partial charge in [-0.1, -0.05) is 55.5 Å². The smallest absolute Gasteiger partial charge is 0.408 e. The summed E-state index contributed by atoms with van der Waals surface area (Å²) < 4.78 is 5.33. The lowest BCUT2D eigenvalue weighted by molar-refractivity contribution is -0.141. The van der Waals surface area contributed by atoms with Gasteiger partial charge in [0.25, 0.3) is 5.91 Å². The van der Waals surface area contributed by atoms with E-state index < -0.39 is 23.8 Å². The van der Waals surface area contributed by atoms with E-state index in [2.05, 4.69) is 17.6 Å². The van der Waals surface area contributed by atoms with E-state index in [0.717, 1.165) is 23.2 Å². The summed E-state index contributed by atoms with van der Waals surface area (Å²) >= 11 is 0. The lowest BCUT2D eigenvalue weighted by atomic mass is 10.0. The summed E-state index contributed by atoms with van der Waals surface area (Å²) in [5.74, 6) is -0.354. The highest BCUT2D eigenvalue weighted by atomic mass is 16.6. The number of nitrogens with one attached hydrogen (secondary N) is 2. The van der Waals surface area contributed by atoms with Gasteiger partial charge in [0.2, 0.25) is 5.91 Å². The molecule has 7 nitrogen and oxygen atoms in total. The molecule has 7 heteroatoms. The molecule has 2 aromatic carbocycles. The van der Waals surface area contributed by atoms with E-state index >= 15 is 0 Å². The number of ether oxygens (including phenoxy) is 1. The largest absolute Gasteiger partial charge is 0.444 e. The molecule has 3 amide bonds. The number of para-hydroxylation sites is 1. The fourth-order valence-electron chi connectivity index (χ4n) is 4.22. The van der Waals surface area contributed by atoms with Gasteiger partial charge >= 0.3 is 6.09 Å². The summed E-state index contributed by atoms with van der Waals surface area (Å²) in [7, 11) is 0. The predicted octanol–water partition coefficient (Wildman–Crippen LogP) is 5.13. The number of hydrogen-bond acceptors (Lipinski definition) is 4. The molecule has 0 spiro atoms. The number of hydrogen-bond donors (Lipinski definition) is 2. The third-order valence-electron chi connectivity index (χ3n) is 6.15. The zero-order chi connectivity index (χ0) is 25.9. The van der Waals surface area contributed by atoms with Crippen molar-refractivity contribution in [3.05, 3.63) is 65.2 Å². The number of alkyl carbamates (subject to hydrolysis) is 1. The van der Waals surface area contributed by atoms with Crippen molar-refractivity contribution in [3.63, 3.8) is 0 Å². The molecule has 3 rings (SSSR count). The summed E-state index contributed by atoms with van der Waals surface area (Å²) in [6.45, 7) is 12.9. The van der Waals surface area contributed by atoms with Crippen molar-refractivity contribution in [2.45, 2.75) is 78.6 Å². The van der Waals surface area contributed by atoms with Crippen LogP contribution in [0.25, 0.3) is 0 Å². The van der Waals surface area contributed by atoms with Crippen LogP contribution >= 0.6 is 0 Å². The number of nitrogens with zero attached hydrogens (tertiary/aromatic N) is 1. The molecule has 0 aliphatic heterocycles. The Morgan fingerprint density at radius 1 is 1.00 bits per heavy atom. The second-order valence-electron chi connectivity index (χ2n) is 10.5. The Kier molecular flexibility index (Phi) is 7.88. The van der Waals surface area contributed by atoms with Gasteiger partial charge in [0.15, 0.2) is 0 Å². The lowest BCUT2D eigenvalue weighted by Gasteiger charge is -2.34. The van der Waals surface area contributed by atoms with Crippen molar-refractivity contribution >= 4 is 23.6 Å². The molecule has 0 radical (unpaired) electrons. The highest BCUT2D eigenvalue weighted by molar-refractivity contribution is 6.00. The number of aryl methyl sites for hydroxylation is 2. The van der Waals surface area contributed by atoms with E-state index in [0.29, 0.717) is 5.56 Å². The van der Waals surface area contributed by atoms with Crippen LogP contribution in [0.1, 0.15) is 63.8 Å². The maximum absolute atomic E-state index is 13.8. The molecule has 0 heterocycles. The molecule has 1 aliphatic carbocycles. The summed E-state index contributed by atoms with van der Waals surface area (Å²) in [4.78, 5) is 41.6. The molecule has 4 atom stereocenters. The molecule has 1 aliphatic rings. The van der Waals surface area contributed by atoms with Crippen LogP contribution in [0.3, 0.4) is 0 Å². The molecule has 0 bridgehead atoms. The summed E-state index contributed by atoms with van der Waals surface area (Å²) in [5, 5.41) is 5.72. The molecule has 2 aromatic rings. The first-order valence-corrected chi connectivity index (χ1v) is 12.1. The number of carbonyl (C=O) groups is 3. The average Bonchev–Trinajstić information content (AvgIpc) is 3.49. The van der Waals surface area contributed by atoms with Crippen LogP contribution in [0.5, 0.6) is 0 Å². The normalized spacial score (nSPS) is 18.7. The van der Waals surface area contributed by atoms with Crippen LogP contribution in [-0.2, 0) is 14.3 Å². The van der Waals surface area contributed by atoms with Gasteiger partial charge in [-0.3, -0.25) is 9.59 Å². The van der Waals surface area contributed by atoms with Crippen LogP contribution in [0.4, 0.5) is 10.5 Å². The standard InChI is InChI=1S/C28H37N3O4/c1-17-12-11-13-18(2)23(17)30-25(32)24(21-14-9-8-10-15-21)31(22-16-19(22)3)26(33)20(4)29-27(34)35-28(5,6)7/h8-15,19-20,22,24H,16H2,1-7H3,(H,29,34)(H,30,32). The van der Waals surface area contributed by atoms with Gasteiger partial charge in [-0.2, -0.15) is 0 Å². The topological polar surface area (TPSA) is 87.7 Å². The lowest BCUT2D eigenvalue weighted by Crippen LogP contribution is -2.52. The first kappa shape index (κ1) is 26.3. The monoisotopic (exact) mass is 479 g/mol. The molecular formula is C28H37N3O4. The Bertz CT molecular complexity index is 1060. The van der Waals surface area contributed by atoms with E-state index in [1.165, 1.54) is 0 Å². The number of anilines is 1. The van der Waals surface area contributed by atoms with Crippen molar-refractivity contribution in [2.24, 2.45) is 5.92 Å². The highest BCUT2D eigenvalue weighted by Gasteiger charge is 2.47. The Morgan fingerprint density at radius 3 is 2.09 bits per heavy atom. The van der Waals surface area contributed by atoms with Crippen molar-refractivity contribution in [3.8, 4) is 0 Å². The van der Waals surface area contributed by atoms with Gasteiger partial charge in [-0.15, -0.1) is 0 Å². The summed E-state index contributed by atoms with van der Waals surface area (Å²) in [5.41, 5.74) is 2.67. The first-order chi connectivity index (χ1) is 16.4. The molecule has 35 heavy (non-hydrogen) atoms. The zero-order valence-corrected chi connectivity index (χ0v) is 21.7. The molecule has 2 N–H and O–H groups in total. The van der Waals surface area contributed by atoms with E-state index in [1.54, 1.807) is 32.6 Å². The van der Waals surface area contributed by atoms with E-state index in [4.69, 9.17) is 4.74 Å². The van der Waals surface area contributed by atoms with Gasteiger partial charge in [0.1, 0.15) is 17.7 Å². The number of amides is 3. The zero-order valence-electron chi connectivity index (χ0n) is 21.7. The van der Waals surface area contributed by atoms with E-state index in [1.807, 2.05) is 62.4 Å². The average molecular weight is 480 g/mol. The quantitative estimate of drug-likeness (QED) is 0.576. The van der Waals surface area contributed by atoms with Crippen LogP contribution < -0.4 is 10.6 Å². The fourth-order valence-corrected chi connectivity index (χ4v) is 4.22. The third kappa shape index (κ3) is 6.62. The van der Waals surface area contributed by atoms with Gasteiger partial charge < -0.3 is 20.3 Å². The van der Waals surface area contributed by atoms with Gasteiger partial charge in [-0.05, 0) is 70.6 Å². The fraction of sp³-hybridized carbons (Fsp3) is 0.464. The summed E-state index contributed by atoms with van der Waals surface area (Å²) in [6, 6.07) is 13.3. The Balaban J connectivity index is 1.94. The minimum absolute atomic E-state index is 0.0979. The Morgan fingerprint density at radius 2 is 1.57 bits per heavy atom. The van der Waals surface area contributed by atoms with Crippen LogP contribution in [0.15, 0.2) is 48.5 Å². The number of rotatable bonds is 7. The molecule has 0 saturated heterocycles. The molecule has 4 unspecified atom stereocenters. The number of benzene rings is 2. The number of carbonyl (C=O) groups excluding carboxylic acids is 3. The molecule has 188 valence electrons. The first-order valence-electron chi connectivity index (χ1n) is 12.1. The second-order valence-corrected chi connectivity index (χ2v) is 10.5. The minimum atomic E-state index is -0.864.